The van der Waals surface area contributed by atoms with E-state index in [0.717, 1.165) is 25.4 Å². The van der Waals surface area contributed by atoms with Gasteiger partial charge < -0.3 is 4.74 Å². The molecule has 0 spiro atoms. The summed E-state index contributed by atoms with van der Waals surface area (Å²) < 4.78 is 6.12. The van der Waals surface area contributed by atoms with Crippen molar-refractivity contribution in [3.63, 3.8) is 0 Å². The van der Waals surface area contributed by atoms with E-state index >= 15 is 0 Å². The molecule has 0 rings (SSSR count). The van der Waals surface area contributed by atoms with Gasteiger partial charge in [0.05, 0.1) is 5.60 Å². The lowest BCUT2D eigenvalue weighted by Crippen LogP contribution is -2.32. The van der Waals surface area contributed by atoms with Gasteiger partial charge in [0.2, 0.25) is 0 Å². The highest BCUT2D eigenvalue weighted by molar-refractivity contribution is 4.79. The maximum atomic E-state index is 6.12. The van der Waals surface area contributed by atoms with Crippen molar-refractivity contribution < 1.29 is 4.74 Å². The summed E-state index contributed by atoms with van der Waals surface area (Å²) in [6.45, 7) is 12.2. The van der Waals surface area contributed by atoms with Crippen LogP contribution in [0.1, 0.15) is 73.1 Å². The average Bonchev–Trinajstić information content (AvgIpc) is 2.22. The molecule has 0 N–H and O–H groups in total. The van der Waals surface area contributed by atoms with Crippen LogP contribution < -0.4 is 0 Å². The molecule has 15 heavy (non-hydrogen) atoms. The van der Waals surface area contributed by atoms with Crippen LogP contribution in [-0.2, 0) is 4.74 Å². The van der Waals surface area contributed by atoms with Gasteiger partial charge in [0, 0.05) is 6.61 Å². The zero-order valence-corrected chi connectivity index (χ0v) is 11.4. The maximum Gasteiger partial charge on any atom is 0.0680 e. The molecule has 1 nitrogen and oxygen atoms in total. The third kappa shape index (κ3) is 6.19. The van der Waals surface area contributed by atoms with Gasteiger partial charge >= 0.3 is 0 Å². The molecule has 0 amide bonds. The van der Waals surface area contributed by atoms with Gasteiger partial charge in [-0.25, -0.2) is 0 Å². The van der Waals surface area contributed by atoms with Gasteiger partial charge in [0.1, 0.15) is 0 Å². The van der Waals surface area contributed by atoms with Gasteiger partial charge in [-0.05, 0) is 38.0 Å². The first-order chi connectivity index (χ1) is 7.10. The van der Waals surface area contributed by atoms with Crippen LogP contribution in [0.3, 0.4) is 0 Å². The van der Waals surface area contributed by atoms with Crippen LogP contribution in [0.4, 0.5) is 0 Å². The molecule has 0 saturated heterocycles. The van der Waals surface area contributed by atoms with E-state index in [4.69, 9.17) is 4.74 Å². The first kappa shape index (κ1) is 15.0. The maximum absolute atomic E-state index is 6.12. The molecule has 0 aromatic heterocycles. The van der Waals surface area contributed by atoms with Gasteiger partial charge in [0.15, 0.2) is 0 Å². The van der Waals surface area contributed by atoms with E-state index in [9.17, 15) is 0 Å². The Labute approximate surface area is 96.6 Å². The monoisotopic (exact) mass is 214 g/mol. The van der Waals surface area contributed by atoms with Crippen LogP contribution in [0, 0.1) is 5.92 Å². The summed E-state index contributed by atoms with van der Waals surface area (Å²) in [5.74, 6) is 0.790. The van der Waals surface area contributed by atoms with Crippen molar-refractivity contribution >= 4 is 0 Å². The normalized spacial score (nSPS) is 15.6. The largest absolute Gasteiger partial charge is 0.375 e. The lowest BCUT2D eigenvalue weighted by Gasteiger charge is -2.33. The van der Waals surface area contributed by atoms with Gasteiger partial charge in [-0.2, -0.15) is 0 Å². The number of ether oxygens (including phenoxy) is 1. The Kier molecular flexibility index (Phi) is 8.13. The Morgan fingerprint density at radius 1 is 1.00 bits per heavy atom. The molecule has 1 atom stereocenters. The Morgan fingerprint density at radius 3 is 2.07 bits per heavy atom. The van der Waals surface area contributed by atoms with E-state index in [1.807, 2.05) is 0 Å². The van der Waals surface area contributed by atoms with Crippen LogP contribution in [0.5, 0.6) is 0 Å². The van der Waals surface area contributed by atoms with Crippen LogP contribution in [0.25, 0.3) is 0 Å². The van der Waals surface area contributed by atoms with Crippen LogP contribution in [0.2, 0.25) is 0 Å². The summed E-state index contributed by atoms with van der Waals surface area (Å²) in [5.41, 5.74) is 0.176. The van der Waals surface area contributed by atoms with E-state index < -0.39 is 0 Å². The van der Waals surface area contributed by atoms with E-state index in [0.29, 0.717) is 0 Å². The SMILES string of the molecule is CCCOC(CC)(CCC)CCC(C)C. The predicted molar refractivity (Wildman–Crippen MR) is 68.2 cm³/mol. The fourth-order valence-electron chi connectivity index (χ4n) is 2.05. The van der Waals surface area contributed by atoms with E-state index in [-0.39, 0.29) is 5.60 Å². The molecule has 92 valence electrons. The van der Waals surface area contributed by atoms with Crippen molar-refractivity contribution in [3.05, 3.63) is 0 Å². The molecule has 1 unspecified atom stereocenters. The van der Waals surface area contributed by atoms with Gasteiger partial charge in [0.25, 0.3) is 0 Å². The van der Waals surface area contributed by atoms with Crippen molar-refractivity contribution in [1.29, 1.82) is 0 Å². The zero-order valence-electron chi connectivity index (χ0n) is 11.4. The summed E-state index contributed by atoms with van der Waals surface area (Å²) >= 11 is 0. The lowest BCUT2D eigenvalue weighted by atomic mass is 9.87. The van der Waals surface area contributed by atoms with Gasteiger partial charge in [-0.3, -0.25) is 0 Å². The molecule has 1 heteroatoms. The van der Waals surface area contributed by atoms with Crippen molar-refractivity contribution in [2.45, 2.75) is 78.7 Å². The first-order valence-electron chi connectivity index (χ1n) is 6.74. The van der Waals surface area contributed by atoms with Crippen molar-refractivity contribution in [2.24, 2.45) is 5.92 Å². The summed E-state index contributed by atoms with van der Waals surface area (Å²) in [5, 5.41) is 0. The first-order valence-corrected chi connectivity index (χ1v) is 6.74. The second kappa shape index (κ2) is 8.15. The molecular weight excluding hydrogens is 184 g/mol. The van der Waals surface area contributed by atoms with Crippen LogP contribution in [-0.4, -0.2) is 12.2 Å². The average molecular weight is 214 g/mol. The minimum Gasteiger partial charge on any atom is -0.375 e. The van der Waals surface area contributed by atoms with E-state index in [2.05, 4.69) is 34.6 Å². The van der Waals surface area contributed by atoms with Gasteiger partial charge in [-0.15, -0.1) is 0 Å². The molecule has 0 aromatic rings. The fraction of sp³-hybridized carbons (Fsp3) is 1.00. The fourth-order valence-corrected chi connectivity index (χ4v) is 2.05. The minimum atomic E-state index is 0.176. The third-order valence-corrected chi connectivity index (χ3v) is 3.14. The van der Waals surface area contributed by atoms with Gasteiger partial charge in [-0.1, -0.05) is 41.0 Å². The molecular formula is C14H30O. The molecule has 0 radical (unpaired) electrons. The van der Waals surface area contributed by atoms with E-state index in [1.165, 1.54) is 25.7 Å². The Balaban J connectivity index is 4.21. The molecule has 0 saturated carbocycles. The summed E-state index contributed by atoms with van der Waals surface area (Å²) in [6.07, 6.45) is 7.26. The highest BCUT2D eigenvalue weighted by Gasteiger charge is 2.27. The van der Waals surface area contributed by atoms with E-state index in [1.54, 1.807) is 0 Å². The summed E-state index contributed by atoms with van der Waals surface area (Å²) in [6, 6.07) is 0. The minimum absolute atomic E-state index is 0.176. The number of hydrogen-bond donors (Lipinski definition) is 0. The zero-order chi connectivity index (χ0) is 11.7. The van der Waals surface area contributed by atoms with Crippen molar-refractivity contribution in [3.8, 4) is 0 Å². The Morgan fingerprint density at radius 2 is 1.67 bits per heavy atom. The topological polar surface area (TPSA) is 9.23 Å². The highest BCUT2D eigenvalue weighted by atomic mass is 16.5. The summed E-state index contributed by atoms with van der Waals surface area (Å²) in [4.78, 5) is 0. The highest BCUT2D eigenvalue weighted by Crippen LogP contribution is 2.29. The second-order valence-electron chi connectivity index (χ2n) is 5.07. The number of rotatable bonds is 9. The Bertz CT molecular complexity index is 142. The molecule has 0 aliphatic rings. The molecule has 0 fully saturated rings. The third-order valence-electron chi connectivity index (χ3n) is 3.14. The molecule has 0 bridgehead atoms. The second-order valence-corrected chi connectivity index (χ2v) is 5.07. The smallest absolute Gasteiger partial charge is 0.0680 e. The molecule has 0 aliphatic carbocycles. The predicted octanol–water partition coefficient (Wildman–Crippen LogP) is 4.80. The van der Waals surface area contributed by atoms with Crippen LogP contribution in [0.15, 0.2) is 0 Å². The Hall–Kier alpha value is -0.0400. The lowest BCUT2D eigenvalue weighted by molar-refractivity contribution is -0.0635. The summed E-state index contributed by atoms with van der Waals surface area (Å²) in [7, 11) is 0. The molecule has 0 heterocycles. The number of hydrogen-bond acceptors (Lipinski definition) is 1. The molecule has 0 aromatic carbocycles. The molecule has 0 aliphatic heterocycles. The van der Waals surface area contributed by atoms with Crippen LogP contribution >= 0.6 is 0 Å². The van der Waals surface area contributed by atoms with Crippen molar-refractivity contribution in [2.75, 3.05) is 6.61 Å². The van der Waals surface area contributed by atoms with Crippen molar-refractivity contribution in [1.82, 2.24) is 0 Å². The quantitative estimate of drug-likeness (QED) is 0.536. The standard InChI is InChI=1S/C14H30O/c1-6-10-14(8-3,15-12-7-2)11-9-13(4)5/h13H,6-12H2,1-5H3.